The molecule has 0 atom stereocenters. The first kappa shape index (κ1) is 26.9. The highest BCUT2D eigenvalue weighted by Gasteiger charge is 2.46. The van der Waals surface area contributed by atoms with Crippen LogP contribution in [-0.4, -0.2) is 33.2 Å². The molecule has 0 saturated heterocycles. The second-order valence-electron chi connectivity index (χ2n) is 12.6. The Bertz CT molecular complexity index is 2490. The van der Waals surface area contributed by atoms with Gasteiger partial charge < -0.3 is 9.80 Å². The van der Waals surface area contributed by atoms with E-state index in [0.29, 0.717) is 6.67 Å². The molecule has 10 rings (SSSR count). The minimum absolute atomic E-state index is 0.553. The molecule has 48 heavy (non-hydrogen) atoms. The number of hydrogen-bond acceptors (Lipinski definition) is 5. The molecule has 0 radical (unpaired) electrons. The van der Waals surface area contributed by atoms with Crippen LogP contribution >= 0.6 is 0 Å². The van der Waals surface area contributed by atoms with Crippen molar-refractivity contribution < 1.29 is 0 Å². The van der Waals surface area contributed by atoms with Gasteiger partial charge in [0.25, 0.3) is 0 Å². The van der Waals surface area contributed by atoms with Crippen LogP contribution in [0.2, 0.25) is 0 Å². The highest BCUT2D eigenvalue weighted by Crippen LogP contribution is 2.57. The van der Waals surface area contributed by atoms with Crippen LogP contribution in [0, 0.1) is 0 Å². The lowest BCUT2D eigenvalue weighted by Gasteiger charge is -2.34. The van der Waals surface area contributed by atoms with Crippen molar-refractivity contribution in [2.75, 3.05) is 23.5 Å². The number of para-hydroxylation sites is 1. The zero-order valence-corrected chi connectivity index (χ0v) is 26.3. The number of aromatic nitrogens is 4. The molecule has 0 saturated carbocycles. The van der Waals surface area contributed by atoms with Crippen LogP contribution in [0.25, 0.3) is 38.8 Å². The van der Waals surface area contributed by atoms with Gasteiger partial charge in [0.05, 0.1) is 23.1 Å². The third-order valence-corrected chi connectivity index (χ3v) is 10.2. The molecule has 4 heterocycles. The Morgan fingerprint density at radius 1 is 0.542 bits per heavy atom. The Balaban J connectivity index is 1.27. The third kappa shape index (κ3) is 3.60. The summed E-state index contributed by atoms with van der Waals surface area (Å²) in [6, 6.07) is 48.6. The number of fused-ring (bicyclic) bond motifs is 7. The predicted octanol–water partition coefficient (Wildman–Crippen LogP) is 8.88. The van der Waals surface area contributed by atoms with Crippen molar-refractivity contribution >= 4 is 39.1 Å². The molecule has 6 nitrogen and oxygen atoms in total. The maximum absolute atomic E-state index is 4.76. The summed E-state index contributed by atoms with van der Waals surface area (Å²) in [6.07, 6.45) is 5.40. The normalized spacial score (nSPS) is 14.4. The van der Waals surface area contributed by atoms with E-state index in [1.54, 1.807) is 12.4 Å². The molecular formula is C42H30N6. The minimum atomic E-state index is -0.553. The van der Waals surface area contributed by atoms with E-state index in [2.05, 4.69) is 148 Å². The molecule has 3 aromatic heterocycles. The van der Waals surface area contributed by atoms with Crippen molar-refractivity contribution in [1.29, 1.82) is 0 Å². The summed E-state index contributed by atoms with van der Waals surface area (Å²) in [4.78, 5) is 18.5. The van der Waals surface area contributed by atoms with Gasteiger partial charge in [0.1, 0.15) is 5.82 Å². The lowest BCUT2D eigenvalue weighted by Crippen LogP contribution is -2.29. The van der Waals surface area contributed by atoms with Crippen molar-refractivity contribution in [3.05, 3.63) is 174 Å². The van der Waals surface area contributed by atoms with Gasteiger partial charge in [-0.25, -0.2) is 15.0 Å². The summed E-state index contributed by atoms with van der Waals surface area (Å²) < 4.78 is 2.28. The number of pyridine rings is 1. The Kier molecular flexibility index (Phi) is 5.67. The molecule has 228 valence electrons. The van der Waals surface area contributed by atoms with E-state index in [0.717, 1.165) is 34.2 Å². The van der Waals surface area contributed by atoms with Crippen LogP contribution in [-0.2, 0) is 5.41 Å². The second-order valence-corrected chi connectivity index (χ2v) is 12.6. The molecule has 0 fully saturated rings. The zero-order chi connectivity index (χ0) is 31.8. The molecule has 5 aromatic carbocycles. The summed E-state index contributed by atoms with van der Waals surface area (Å²) >= 11 is 0. The van der Waals surface area contributed by atoms with Gasteiger partial charge in [-0.05, 0) is 75.8 Å². The van der Waals surface area contributed by atoms with E-state index in [9.17, 15) is 0 Å². The topological polar surface area (TPSA) is 50.1 Å². The van der Waals surface area contributed by atoms with Gasteiger partial charge >= 0.3 is 0 Å². The van der Waals surface area contributed by atoms with Crippen LogP contribution in [0.3, 0.4) is 0 Å². The minimum Gasteiger partial charge on any atom is -0.338 e. The number of hydrogen-bond donors (Lipinski definition) is 0. The second kappa shape index (κ2) is 10.1. The van der Waals surface area contributed by atoms with Crippen molar-refractivity contribution in [3.8, 4) is 16.9 Å². The van der Waals surface area contributed by atoms with Crippen LogP contribution in [0.5, 0.6) is 0 Å². The van der Waals surface area contributed by atoms with E-state index in [1.165, 1.54) is 44.2 Å². The van der Waals surface area contributed by atoms with Crippen molar-refractivity contribution in [2.45, 2.75) is 5.41 Å². The number of anilines is 3. The Morgan fingerprint density at radius 2 is 1.23 bits per heavy atom. The van der Waals surface area contributed by atoms with Crippen LogP contribution in [0.15, 0.2) is 152 Å². The summed E-state index contributed by atoms with van der Waals surface area (Å²) in [6.45, 7) is 0.682. The molecule has 0 bridgehead atoms. The van der Waals surface area contributed by atoms with Gasteiger partial charge in [-0.15, -0.1) is 0 Å². The number of rotatable bonds is 4. The standard InChI is InChI=1S/C42H30N6/c1-46-27-47(41-40(46)44-23-24-45-41)30-12-10-11-28(25-30)42(35-16-5-2-13-31(35)32-14-3-6-17-36(32)42)29-20-21-38-34(26-29)33-15-4-7-18-37(33)48(38)39-19-8-9-22-43-39/h2-26H,27H2,1H3. The molecule has 2 aliphatic rings. The Labute approximate surface area is 278 Å². The lowest BCUT2D eigenvalue weighted by atomic mass is 9.67. The van der Waals surface area contributed by atoms with E-state index >= 15 is 0 Å². The first-order valence-corrected chi connectivity index (χ1v) is 16.3. The number of benzene rings is 5. The molecule has 0 spiro atoms. The van der Waals surface area contributed by atoms with E-state index in [1.807, 2.05) is 18.3 Å². The van der Waals surface area contributed by atoms with Crippen LogP contribution in [0.4, 0.5) is 17.3 Å². The van der Waals surface area contributed by atoms with E-state index in [4.69, 9.17) is 9.97 Å². The smallest absolute Gasteiger partial charge is 0.178 e. The monoisotopic (exact) mass is 618 g/mol. The zero-order valence-electron chi connectivity index (χ0n) is 26.3. The molecule has 0 unspecified atom stereocenters. The van der Waals surface area contributed by atoms with Gasteiger partial charge in [-0.1, -0.05) is 91.0 Å². The molecule has 0 N–H and O–H groups in total. The molecule has 1 aliphatic heterocycles. The highest BCUT2D eigenvalue weighted by atomic mass is 15.4. The molecule has 8 aromatic rings. The van der Waals surface area contributed by atoms with E-state index in [-0.39, 0.29) is 0 Å². The fourth-order valence-electron chi connectivity index (χ4n) is 8.20. The summed E-state index contributed by atoms with van der Waals surface area (Å²) in [5, 5.41) is 2.41. The van der Waals surface area contributed by atoms with Crippen LogP contribution < -0.4 is 9.80 Å². The highest BCUT2D eigenvalue weighted by molar-refractivity contribution is 6.09. The molecule has 0 amide bonds. The fourth-order valence-corrected chi connectivity index (χ4v) is 8.20. The van der Waals surface area contributed by atoms with Gasteiger partial charge in [-0.3, -0.25) is 4.57 Å². The maximum atomic E-state index is 4.76. The average Bonchev–Trinajstić information content (AvgIpc) is 3.78. The first-order chi connectivity index (χ1) is 23.7. The van der Waals surface area contributed by atoms with Gasteiger partial charge in [0.15, 0.2) is 11.6 Å². The average molecular weight is 619 g/mol. The summed E-state index contributed by atoms with van der Waals surface area (Å²) in [5.41, 5.74) is 10.4. The third-order valence-electron chi connectivity index (χ3n) is 10.2. The Hall–Kier alpha value is -6.27. The van der Waals surface area contributed by atoms with Gasteiger partial charge in [0, 0.05) is 42.1 Å². The van der Waals surface area contributed by atoms with Gasteiger partial charge in [-0.2, -0.15) is 0 Å². The Morgan fingerprint density at radius 3 is 2.02 bits per heavy atom. The summed E-state index contributed by atoms with van der Waals surface area (Å²) in [5.74, 6) is 2.68. The SMILES string of the molecule is CN1CN(c2cccc(C3(c4ccc5c(c4)c4ccccc4n5-c4ccccn4)c4ccccc4-c4ccccc43)c2)c2nccnc21. The van der Waals surface area contributed by atoms with Crippen molar-refractivity contribution in [3.63, 3.8) is 0 Å². The summed E-state index contributed by atoms with van der Waals surface area (Å²) in [7, 11) is 2.07. The molecular weight excluding hydrogens is 589 g/mol. The molecule has 1 aliphatic carbocycles. The quantitative estimate of drug-likeness (QED) is 0.197. The predicted molar refractivity (Wildman–Crippen MR) is 193 cm³/mol. The van der Waals surface area contributed by atoms with Gasteiger partial charge in [0.2, 0.25) is 0 Å². The fraction of sp³-hybridized carbons (Fsp3) is 0.0714. The van der Waals surface area contributed by atoms with Crippen LogP contribution in [0.1, 0.15) is 22.3 Å². The first-order valence-electron chi connectivity index (χ1n) is 16.3. The van der Waals surface area contributed by atoms with E-state index < -0.39 is 5.41 Å². The largest absolute Gasteiger partial charge is 0.338 e. The molecule has 6 heteroatoms. The van der Waals surface area contributed by atoms with Crippen molar-refractivity contribution in [1.82, 2.24) is 19.5 Å². The maximum Gasteiger partial charge on any atom is 0.178 e. The number of nitrogens with zero attached hydrogens (tertiary/aromatic N) is 6. The lowest BCUT2D eigenvalue weighted by molar-refractivity contribution is 0.769. The van der Waals surface area contributed by atoms with Crippen molar-refractivity contribution in [2.24, 2.45) is 0 Å².